The smallest absolute Gasteiger partial charge is 0.258 e. The van der Waals surface area contributed by atoms with Gasteiger partial charge in [0.2, 0.25) is 0 Å². The summed E-state index contributed by atoms with van der Waals surface area (Å²) in [6.45, 7) is 4.35. The van der Waals surface area contributed by atoms with E-state index in [1.54, 1.807) is 17.0 Å². The first-order chi connectivity index (χ1) is 9.99. The molecule has 0 bridgehead atoms. The number of nitrogens with zero attached hydrogens (tertiary/aromatic N) is 1. The van der Waals surface area contributed by atoms with Gasteiger partial charge in [-0.1, -0.05) is 0 Å². The van der Waals surface area contributed by atoms with Crippen LogP contribution in [-0.4, -0.2) is 50.6 Å². The average Bonchev–Trinajstić information content (AvgIpc) is 2.50. The number of carbonyl (C=O) groups is 1. The average molecular weight is 316 g/mol. The minimum absolute atomic E-state index is 0.0362. The molecule has 0 saturated heterocycles. The van der Waals surface area contributed by atoms with Gasteiger partial charge in [0.05, 0.1) is 26.9 Å². The molecule has 0 aromatic heterocycles. The van der Waals surface area contributed by atoms with E-state index in [9.17, 15) is 4.79 Å². The summed E-state index contributed by atoms with van der Waals surface area (Å²) in [5.41, 5.74) is 0.425. The van der Waals surface area contributed by atoms with Gasteiger partial charge in [0.25, 0.3) is 5.91 Å². The second-order valence-corrected chi connectivity index (χ2v) is 5.07. The van der Waals surface area contributed by atoms with Gasteiger partial charge in [0.15, 0.2) is 11.5 Å². The summed E-state index contributed by atoms with van der Waals surface area (Å²) in [6, 6.07) is 3.31. The molecule has 0 aliphatic carbocycles. The van der Waals surface area contributed by atoms with Crippen LogP contribution in [0.5, 0.6) is 17.2 Å². The molecule has 118 valence electrons. The molecule has 0 spiro atoms. The van der Waals surface area contributed by atoms with Gasteiger partial charge >= 0.3 is 0 Å². The van der Waals surface area contributed by atoms with Crippen molar-refractivity contribution in [2.45, 2.75) is 19.9 Å². The van der Waals surface area contributed by atoms with Crippen molar-refractivity contribution < 1.29 is 19.0 Å². The van der Waals surface area contributed by atoms with Gasteiger partial charge in [-0.05, 0) is 13.8 Å². The molecule has 5 nitrogen and oxygen atoms in total. The standard InChI is InChI=1S/C15H22ClNO4/c1-10(2)17(7-6-16)15(18)11-8-13(20-4)14(21-5)9-12(11)19-3/h8-10H,6-7H2,1-5H3. The third-order valence-corrected chi connectivity index (χ3v) is 3.31. The van der Waals surface area contributed by atoms with E-state index < -0.39 is 0 Å². The number of hydrogen-bond donors (Lipinski definition) is 0. The van der Waals surface area contributed by atoms with Crippen LogP contribution in [-0.2, 0) is 0 Å². The maximum Gasteiger partial charge on any atom is 0.258 e. The largest absolute Gasteiger partial charge is 0.496 e. The molecule has 1 aromatic carbocycles. The minimum Gasteiger partial charge on any atom is -0.496 e. The van der Waals surface area contributed by atoms with E-state index in [1.807, 2.05) is 13.8 Å². The molecule has 0 radical (unpaired) electrons. The number of carbonyl (C=O) groups excluding carboxylic acids is 1. The quantitative estimate of drug-likeness (QED) is 0.726. The van der Waals surface area contributed by atoms with E-state index in [2.05, 4.69) is 0 Å². The summed E-state index contributed by atoms with van der Waals surface area (Å²) >= 11 is 5.78. The highest BCUT2D eigenvalue weighted by atomic mass is 35.5. The van der Waals surface area contributed by atoms with Crippen molar-refractivity contribution in [3.63, 3.8) is 0 Å². The molecule has 0 fully saturated rings. The zero-order chi connectivity index (χ0) is 16.0. The Morgan fingerprint density at radius 3 is 2.05 bits per heavy atom. The minimum atomic E-state index is -0.150. The fourth-order valence-corrected chi connectivity index (χ4v) is 2.22. The summed E-state index contributed by atoms with van der Waals surface area (Å²) < 4.78 is 15.8. The molecule has 0 aliphatic heterocycles. The van der Waals surface area contributed by atoms with Crippen molar-refractivity contribution in [2.75, 3.05) is 33.8 Å². The fourth-order valence-electron chi connectivity index (χ4n) is 2.04. The number of ether oxygens (including phenoxy) is 3. The molecule has 1 amide bonds. The van der Waals surface area contributed by atoms with Crippen molar-refractivity contribution in [3.8, 4) is 17.2 Å². The monoisotopic (exact) mass is 315 g/mol. The van der Waals surface area contributed by atoms with Gasteiger partial charge in [-0.15, -0.1) is 11.6 Å². The highest BCUT2D eigenvalue weighted by Gasteiger charge is 2.24. The maximum atomic E-state index is 12.7. The van der Waals surface area contributed by atoms with Crippen LogP contribution < -0.4 is 14.2 Å². The number of benzene rings is 1. The SMILES string of the molecule is COc1cc(OC)c(C(=O)N(CCCl)C(C)C)cc1OC. The normalized spacial score (nSPS) is 10.4. The molecule has 0 N–H and O–H groups in total. The first-order valence-corrected chi connectivity index (χ1v) is 7.20. The Bertz CT molecular complexity index is 491. The molecule has 0 atom stereocenters. The molecule has 0 heterocycles. The lowest BCUT2D eigenvalue weighted by Crippen LogP contribution is -2.38. The van der Waals surface area contributed by atoms with Crippen LogP contribution in [0.25, 0.3) is 0 Å². The molecule has 21 heavy (non-hydrogen) atoms. The lowest BCUT2D eigenvalue weighted by atomic mass is 10.1. The molecule has 6 heteroatoms. The van der Waals surface area contributed by atoms with Crippen molar-refractivity contribution in [1.29, 1.82) is 0 Å². The zero-order valence-corrected chi connectivity index (χ0v) is 13.9. The lowest BCUT2D eigenvalue weighted by Gasteiger charge is -2.27. The Balaban J connectivity index is 3.29. The summed E-state index contributed by atoms with van der Waals surface area (Å²) in [6.07, 6.45) is 0. The van der Waals surface area contributed by atoms with Gasteiger partial charge in [-0.3, -0.25) is 4.79 Å². The van der Waals surface area contributed by atoms with Crippen LogP contribution in [0.4, 0.5) is 0 Å². The molecule has 1 aromatic rings. The van der Waals surface area contributed by atoms with E-state index >= 15 is 0 Å². The van der Waals surface area contributed by atoms with Crippen molar-refractivity contribution >= 4 is 17.5 Å². The zero-order valence-electron chi connectivity index (χ0n) is 13.1. The van der Waals surface area contributed by atoms with E-state index in [0.717, 1.165) is 0 Å². The van der Waals surface area contributed by atoms with E-state index in [-0.39, 0.29) is 11.9 Å². The highest BCUT2D eigenvalue weighted by Crippen LogP contribution is 2.35. The summed E-state index contributed by atoms with van der Waals surface area (Å²) in [5.74, 6) is 1.66. The number of hydrogen-bond acceptors (Lipinski definition) is 4. The van der Waals surface area contributed by atoms with E-state index in [1.165, 1.54) is 21.3 Å². The summed E-state index contributed by atoms with van der Waals surface area (Å²) in [5, 5.41) is 0. The second kappa shape index (κ2) is 7.98. The predicted molar refractivity (Wildman–Crippen MR) is 83.0 cm³/mol. The van der Waals surface area contributed by atoms with Crippen molar-refractivity contribution in [1.82, 2.24) is 4.90 Å². The maximum absolute atomic E-state index is 12.7. The van der Waals surface area contributed by atoms with Crippen LogP contribution in [0, 0.1) is 0 Å². The topological polar surface area (TPSA) is 48.0 Å². The number of amides is 1. The van der Waals surface area contributed by atoms with Crippen molar-refractivity contribution in [3.05, 3.63) is 17.7 Å². The third kappa shape index (κ3) is 3.94. The Hall–Kier alpha value is -1.62. The summed E-state index contributed by atoms with van der Waals surface area (Å²) in [7, 11) is 4.57. The third-order valence-electron chi connectivity index (χ3n) is 3.15. The van der Waals surface area contributed by atoms with E-state index in [4.69, 9.17) is 25.8 Å². The number of rotatable bonds is 7. The number of alkyl halides is 1. The Labute approximate surface area is 130 Å². The van der Waals surface area contributed by atoms with Crippen molar-refractivity contribution in [2.24, 2.45) is 0 Å². The first kappa shape index (κ1) is 17.4. The van der Waals surface area contributed by atoms with Crippen LogP contribution in [0.2, 0.25) is 0 Å². The van der Waals surface area contributed by atoms with Gasteiger partial charge < -0.3 is 19.1 Å². The Morgan fingerprint density at radius 1 is 1.10 bits per heavy atom. The van der Waals surface area contributed by atoms with Gasteiger partial charge in [-0.2, -0.15) is 0 Å². The Kier molecular flexibility index (Phi) is 6.62. The van der Waals surface area contributed by atoms with Crippen LogP contribution in [0.3, 0.4) is 0 Å². The first-order valence-electron chi connectivity index (χ1n) is 6.67. The summed E-state index contributed by atoms with van der Waals surface area (Å²) in [4.78, 5) is 14.4. The molecular weight excluding hydrogens is 294 g/mol. The fraction of sp³-hybridized carbons (Fsp3) is 0.533. The van der Waals surface area contributed by atoms with Gasteiger partial charge in [0.1, 0.15) is 5.75 Å². The van der Waals surface area contributed by atoms with E-state index in [0.29, 0.717) is 35.2 Å². The highest BCUT2D eigenvalue weighted by molar-refractivity contribution is 6.18. The van der Waals surface area contributed by atoms with Crippen LogP contribution in [0.15, 0.2) is 12.1 Å². The Morgan fingerprint density at radius 2 is 1.62 bits per heavy atom. The molecular formula is C15H22ClNO4. The molecule has 1 rings (SSSR count). The molecule has 0 aliphatic rings. The predicted octanol–water partition coefficient (Wildman–Crippen LogP) is 2.80. The second-order valence-electron chi connectivity index (χ2n) is 4.69. The number of methoxy groups -OCH3 is 3. The molecule has 0 unspecified atom stereocenters. The van der Waals surface area contributed by atoms with Crippen LogP contribution >= 0.6 is 11.6 Å². The molecule has 0 saturated carbocycles. The van der Waals surface area contributed by atoms with Gasteiger partial charge in [0, 0.05) is 30.6 Å². The van der Waals surface area contributed by atoms with Crippen LogP contribution in [0.1, 0.15) is 24.2 Å². The van der Waals surface area contributed by atoms with Gasteiger partial charge in [-0.25, -0.2) is 0 Å². The lowest BCUT2D eigenvalue weighted by molar-refractivity contribution is 0.0714. The number of halogens is 1.